The van der Waals surface area contributed by atoms with Gasteiger partial charge < -0.3 is 10.0 Å². The molecule has 1 amide bonds. The van der Waals surface area contributed by atoms with E-state index in [0.29, 0.717) is 12.8 Å². The highest BCUT2D eigenvalue weighted by atomic mass is 32.2. The Bertz CT molecular complexity index is 284. The van der Waals surface area contributed by atoms with Crippen molar-refractivity contribution in [2.24, 2.45) is 0 Å². The molecule has 0 saturated heterocycles. The van der Waals surface area contributed by atoms with Gasteiger partial charge in [-0.1, -0.05) is 13.3 Å². The van der Waals surface area contributed by atoms with E-state index in [0.717, 1.165) is 16.7 Å². The van der Waals surface area contributed by atoms with Crippen LogP contribution in [0.1, 0.15) is 19.8 Å². The second-order valence-electron chi connectivity index (χ2n) is 3.67. The van der Waals surface area contributed by atoms with Gasteiger partial charge in [0, 0.05) is 6.54 Å². The Kier molecular flexibility index (Phi) is 7.81. The maximum absolute atomic E-state index is 12.2. The second kappa shape index (κ2) is 8.23. The number of amides is 1. The van der Waals surface area contributed by atoms with Crippen LogP contribution >= 0.6 is 11.8 Å². The number of halogens is 3. The zero-order valence-corrected chi connectivity index (χ0v) is 10.8. The van der Waals surface area contributed by atoms with Gasteiger partial charge in [0.2, 0.25) is 5.91 Å². The normalized spacial score (nSPS) is 11.3. The lowest BCUT2D eigenvalue weighted by molar-refractivity contribution is -0.159. The number of rotatable bonds is 8. The van der Waals surface area contributed by atoms with Crippen LogP contribution in [0.3, 0.4) is 0 Å². The summed E-state index contributed by atoms with van der Waals surface area (Å²) in [4.78, 5) is 22.5. The topological polar surface area (TPSA) is 57.6 Å². The van der Waals surface area contributed by atoms with E-state index in [4.69, 9.17) is 5.11 Å². The van der Waals surface area contributed by atoms with Crippen molar-refractivity contribution in [2.75, 3.05) is 24.6 Å². The highest BCUT2D eigenvalue weighted by Crippen LogP contribution is 2.17. The standard InChI is InChI=1S/C10H16F3NO3S/c1-2-3-4-14(7-10(11,12)13)8(15)5-18-6-9(16)17/h2-7H2,1H3,(H,16,17). The largest absolute Gasteiger partial charge is 0.481 e. The Morgan fingerprint density at radius 3 is 2.33 bits per heavy atom. The molecule has 0 radical (unpaired) electrons. The van der Waals surface area contributed by atoms with Gasteiger partial charge in [-0.2, -0.15) is 13.2 Å². The molecule has 0 unspecified atom stereocenters. The van der Waals surface area contributed by atoms with E-state index < -0.39 is 24.6 Å². The SMILES string of the molecule is CCCCN(CC(F)(F)F)C(=O)CSCC(=O)O. The van der Waals surface area contributed by atoms with E-state index >= 15 is 0 Å². The van der Waals surface area contributed by atoms with Crippen molar-refractivity contribution in [2.45, 2.75) is 25.9 Å². The molecule has 0 atom stereocenters. The quantitative estimate of drug-likeness (QED) is 0.742. The summed E-state index contributed by atoms with van der Waals surface area (Å²) in [5, 5.41) is 8.37. The van der Waals surface area contributed by atoms with Gasteiger partial charge >= 0.3 is 12.1 Å². The molecule has 0 bridgehead atoms. The summed E-state index contributed by atoms with van der Waals surface area (Å²) in [6.45, 7) is 0.581. The minimum Gasteiger partial charge on any atom is -0.481 e. The second-order valence-corrected chi connectivity index (χ2v) is 4.66. The molecule has 0 aromatic heterocycles. The van der Waals surface area contributed by atoms with Gasteiger partial charge in [-0.25, -0.2) is 0 Å². The number of unbranched alkanes of at least 4 members (excludes halogenated alkanes) is 1. The van der Waals surface area contributed by atoms with Crippen LogP contribution in [0.5, 0.6) is 0 Å². The van der Waals surface area contributed by atoms with Gasteiger partial charge in [0.05, 0.1) is 11.5 Å². The average Bonchev–Trinajstić information content (AvgIpc) is 2.21. The average molecular weight is 287 g/mol. The Balaban J connectivity index is 4.26. The van der Waals surface area contributed by atoms with Crippen LogP contribution in [-0.4, -0.2) is 52.7 Å². The summed E-state index contributed by atoms with van der Waals surface area (Å²) in [5.74, 6) is -2.30. The fourth-order valence-electron chi connectivity index (χ4n) is 1.17. The van der Waals surface area contributed by atoms with Crippen LogP contribution in [0.2, 0.25) is 0 Å². The number of carboxylic acid groups (broad SMARTS) is 1. The van der Waals surface area contributed by atoms with Crippen molar-refractivity contribution < 1.29 is 27.9 Å². The first kappa shape index (κ1) is 17.1. The van der Waals surface area contributed by atoms with Gasteiger partial charge in [0.1, 0.15) is 6.54 Å². The number of carbonyl (C=O) groups excluding carboxylic acids is 1. The molecule has 8 heteroatoms. The molecule has 106 valence electrons. The Labute approximate surface area is 108 Å². The van der Waals surface area contributed by atoms with E-state index in [2.05, 4.69) is 0 Å². The number of aliphatic carboxylic acids is 1. The predicted molar refractivity (Wildman–Crippen MR) is 62.5 cm³/mol. The molecule has 0 aliphatic rings. The third-order valence-electron chi connectivity index (χ3n) is 1.96. The van der Waals surface area contributed by atoms with Gasteiger partial charge in [-0.15, -0.1) is 11.8 Å². The molecule has 18 heavy (non-hydrogen) atoms. The van der Waals surface area contributed by atoms with Gasteiger partial charge in [0.15, 0.2) is 0 Å². The maximum atomic E-state index is 12.2. The summed E-state index contributed by atoms with van der Waals surface area (Å²) in [5.41, 5.74) is 0. The van der Waals surface area contributed by atoms with Crippen LogP contribution < -0.4 is 0 Å². The highest BCUT2D eigenvalue weighted by molar-refractivity contribution is 8.00. The van der Waals surface area contributed by atoms with Crippen LogP contribution in [0.4, 0.5) is 13.2 Å². The Hall–Kier alpha value is -0.920. The lowest BCUT2D eigenvalue weighted by Crippen LogP contribution is -2.40. The number of alkyl halides is 3. The molecule has 0 aromatic carbocycles. The molecule has 0 aliphatic heterocycles. The number of carboxylic acids is 1. The van der Waals surface area contributed by atoms with E-state index in [1.54, 1.807) is 0 Å². The van der Waals surface area contributed by atoms with Crippen LogP contribution in [0, 0.1) is 0 Å². The number of thioether (sulfide) groups is 1. The monoisotopic (exact) mass is 287 g/mol. The van der Waals surface area contributed by atoms with E-state index in [1.165, 1.54) is 0 Å². The number of nitrogens with zero attached hydrogens (tertiary/aromatic N) is 1. The third-order valence-corrected chi connectivity index (χ3v) is 2.86. The lowest BCUT2D eigenvalue weighted by Gasteiger charge is -2.23. The van der Waals surface area contributed by atoms with E-state index in [1.807, 2.05) is 6.92 Å². The lowest BCUT2D eigenvalue weighted by atomic mass is 10.3. The van der Waals surface area contributed by atoms with Crippen LogP contribution in [0.25, 0.3) is 0 Å². The van der Waals surface area contributed by atoms with Gasteiger partial charge in [-0.05, 0) is 6.42 Å². The molecule has 0 fully saturated rings. The molecule has 0 saturated carbocycles. The summed E-state index contributed by atoms with van der Waals surface area (Å²) in [6.07, 6.45) is -3.25. The summed E-state index contributed by atoms with van der Waals surface area (Å²) >= 11 is 0.799. The molecule has 0 spiro atoms. The van der Waals surface area contributed by atoms with Crippen molar-refractivity contribution >= 4 is 23.6 Å². The third kappa shape index (κ3) is 9.15. The minimum atomic E-state index is -4.43. The zero-order chi connectivity index (χ0) is 14.2. The number of hydrogen-bond acceptors (Lipinski definition) is 3. The first-order valence-electron chi connectivity index (χ1n) is 5.40. The summed E-state index contributed by atoms with van der Waals surface area (Å²) < 4.78 is 36.7. The van der Waals surface area contributed by atoms with Gasteiger partial charge in [-0.3, -0.25) is 9.59 Å². The first-order valence-corrected chi connectivity index (χ1v) is 6.55. The van der Waals surface area contributed by atoms with Crippen molar-refractivity contribution in [1.82, 2.24) is 4.90 Å². The number of carbonyl (C=O) groups is 2. The fraction of sp³-hybridized carbons (Fsp3) is 0.800. The van der Waals surface area contributed by atoms with Crippen molar-refractivity contribution in [3.05, 3.63) is 0 Å². The predicted octanol–water partition coefficient (Wildman–Crippen LogP) is 2.00. The summed E-state index contributed by atoms with van der Waals surface area (Å²) in [6, 6.07) is 0. The molecular formula is C10H16F3NO3S. The molecular weight excluding hydrogens is 271 g/mol. The Morgan fingerprint density at radius 2 is 1.89 bits per heavy atom. The minimum absolute atomic E-state index is 0.0441. The van der Waals surface area contributed by atoms with E-state index in [9.17, 15) is 22.8 Å². The molecule has 0 aromatic rings. The molecule has 0 rings (SSSR count). The molecule has 4 nitrogen and oxygen atoms in total. The first-order chi connectivity index (χ1) is 8.26. The van der Waals surface area contributed by atoms with Crippen molar-refractivity contribution in [3.8, 4) is 0 Å². The van der Waals surface area contributed by atoms with E-state index in [-0.39, 0.29) is 18.1 Å². The number of hydrogen-bond donors (Lipinski definition) is 1. The van der Waals surface area contributed by atoms with Gasteiger partial charge in [0.25, 0.3) is 0 Å². The Morgan fingerprint density at radius 1 is 1.28 bits per heavy atom. The smallest absolute Gasteiger partial charge is 0.406 e. The van der Waals surface area contributed by atoms with Crippen LogP contribution in [-0.2, 0) is 9.59 Å². The maximum Gasteiger partial charge on any atom is 0.406 e. The van der Waals surface area contributed by atoms with Crippen molar-refractivity contribution in [1.29, 1.82) is 0 Å². The zero-order valence-electron chi connectivity index (χ0n) is 10.00. The molecule has 1 N–H and O–H groups in total. The van der Waals surface area contributed by atoms with Crippen molar-refractivity contribution in [3.63, 3.8) is 0 Å². The highest BCUT2D eigenvalue weighted by Gasteiger charge is 2.32. The molecule has 0 heterocycles. The fourth-order valence-corrected chi connectivity index (χ4v) is 1.81. The molecule has 0 aliphatic carbocycles. The summed E-state index contributed by atoms with van der Waals surface area (Å²) in [7, 11) is 0. The van der Waals surface area contributed by atoms with Crippen LogP contribution in [0.15, 0.2) is 0 Å².